The number of hydrogen-bond donors (Lipinski definition) is 4. The van der Waals surface area contributed by atoms with Gasteiger partial charge in [0, 0.05) is 5.56 Å². The molecule has 25 heavy (non-hydrogen) atoms. The van der Waals surface area contributed by atoms with Gasteiger partial charge in [-0.05, 0) is 12.5 Å². The summed E-state index contributed by atoms with van der Waals surface area (Å²) in [6.45, 7) is 0. The molecule has 8 nitrogen and oxygen atoms in total. The first kappa shape index (κ1) is 17.2. The Balaban J connectivity index is 1.64. The highest BCUT2D eigenvalue weighted by atomic mass is 19.4. The third kappa shape index (κ3) is 3.72. The molecule has 4 N–H and O–H groups in total. The molecular formula is C14H15F3N6O2. The highest BCUT2D eigenvalue weighted by molar-refractivity contribution is 5.93. The summed E-state index contributed by atoms with van der Waals surface area (Å²) in [5.41, 5.74) is 6.65. The van der Waals surface area contributed by atoms with Crippen LogP contribution in [0, 0.1) is 0 Å². The van der Waals surface area contributed by atoms with E-state index in [-0.39, 0.29) is 6.04 Å². The van der Waals surface area contributed by atoms with Crippen LogP contribution in [0.2, 0.25) is 0 Å². The molecular weight excluding hydrogens is 341 g/mol. The first-order valence-corrected chi connectivity index (χ1v) is 7.33. The molecule has 1 aromatic heterocycles. The largest absolute Gasteiger partial charge is 0.496 e. The van der Waals surface area contributed by atoms with Crippen molar-refractivity contribution in [1.82, 2.24) is 26.0 Å². The van der Waals surface area contributed by atoms with Gasteiger partial charge in [0.2, 0.25) is 17.7 Å². The second kappa shape index (κ2) is 6.69. The molecule has 134 valence electrons. The molecule has 3 rings (SSSR count). The van der Waals surface area contributed by atoms with Crippen LogP contribution in [0.4, 0.5) is 19.1 Å². The van der Waals surface area contributed by atoms with Gasteiger partial charge in [-0.1, -0.05) is 18.2 Å². The Bertz CT molecular complexity index is 763. The molecule has 11 heteroatoms. The minimum Gasteiger partial charge on any atom is -0.496 e. The lowest BCUT2D eigenvalue weighted by Crippen LogP contribution is -2.39. The van der Waals surface area contributed by atoms with E-state index in [9.17, 15) is 18.0 Å². The van der Waals surface area contributed by atoms with Gasteiger partial charge in [0.05, 0.1) is 13.2 Å². The Hall–Kier alpha value is -2.66. The normalized spacial score (nSPS) is 20.5. The van der Waals surface area contributed by atoms with E-state index in [1.807, 2.05) is 18.2 Å². The van der Waals surface area contributed by atoms with Crippen molar-refractivity contribution in [2.45, 2.75) is 24.7 Å². The van der Waals surface area contributed by atoms with E-state index < -0.39 is 29.9 Å². The number of rotatable bonds is 4. The number of aromatic amines is 1. The van der Waals surface area contributed by atoms with E-state index >= 15 is 0 Å². The number of carbonyl (C=O) groups excluding carboxylic acids is 1. The van der Waals surface area contributed by atoms with Crippen molar-refractivity contribution < 1.29 is 22.7 Å². The number of H-pyrrole nitrogens is 1. The number of nitrogens with zero attached hydrogens (tertiary/aromatic N) is 2. The topological polar surface area (TPSA) is 104 Å². The summed E-state index contributed by atoms with van der Waals surface area (Å²) >= 11 is 0. The van der Waals surface area contributed by atoms with Gasteiger partial charge in [-0.25, -0.2) is 10.9 Å². The Morgan fingerprint density at radius 2 is 2.08 bits per heavy atom. The number of halogens is 3. The van der Waals surface area contributed by atoms with Crippen molar-refractivity contribution in [2.24, 2.45) is 0 Å². The van der Waals surface area contributed by atoms with Crippen molar-refractivity contribution >= 4 is 11.9 Å². The van der Waals surface area contributed by atoms with Gasteiger partial charge in [0.1, 0.15) is 11.8 Å². The number of aromatic nitrogens is 3. The molecule has 0 saturated carbocycles. The summed E-state index contributed by atoms with van der Waals surface area (Å²) in [6.07, 6.45) is -4.28. The third-order valence-corrected chi connectivity index (χ3v) is 3.72. The van der Waals surface area contributed by atoms with E-state index in [1.54, 1.807) is 18.3 Å². The molecule has 2 aromatic rings. The Labute approximate surface area is 140 Å². The average Bonchev–Trinajstić information content (AvgIpc) is 3.23. The first-order chi connectivity index (χ1) is 11.9. The molecule has 1 saturated heterocycles. The summed E-state index contributed by atoms with van der Waals surface area (Å²) in [7, 11) is 1.55. The minimum atomic E-state index is -4.65. The van der Waals surface area contributed by atoms with Gasteiger partial charge in [-0.2, -0.15) is 18.2 Å². The van der Waals surface area contributed by atoms with E-state index in [2.05, 4.69) is 26.3 Å². The van der Waals surface area contributed by atoms with Gasteiger partial charge in [0.25, 0.3) is 0 Å². The van der Waals surface area contributed by atoms with Crippen LogP contribution in [0.5, 0.6) is 5.75 Å². The lowest BCUT2D eigenvalue weighted by atomic mass is 10.0. The smallest absolute Gasteiger partial charge is 0.451 e. The molecule has 2 unspecified atom stereocenters. The average molecular weight is 356 g/mol. The number of hydrazine groups is 1. The molecule has 2 atom stereocenters. The van der Waals surface area contributed by atoms with Crippen molar-refractivity contribution in [1.29, 1.82) is 0 Å². The van der Waals surface area contributed by atoms with E-state index in [0.29, 0.717) is 12.2 Å². The molecule has 0 radical (unpaired) electrons. The monoisotopic (exact) mass is 356 g/mol. The number of methoxy groups -OCH3 is 1. The third-order valence-electron chi connectivity index (χ3n) is 3.72. The van der Waals surface area contributed by atoms with E-state index in [4.69, 9.17) is 4.74 Å². The lowest BCUT2D eigenvalue weighted by molar-refractivity contribution is -0.144. The Morgan fingerprint density at radius 1 is 1.32 bits per heavy atom. The number of benzene rings is 1. The number of para-hydroxylation sites is 1. The van der Waals surface area contributed by atoms with Crippen LogP contribution < -0.4 is 20.9 Å². The second-order valence-corrected chi connectivity index (χ2v) is 5.37. The van der Waals surface area contributed by atoms with E-state index in [0.717, 1.165) is 5.56 Å². The highest BCUT2D eigenvalue weighted by Crippen LogP contribution is 2.30. The molecule has 0 bridgehead atoms. The summed E-state index contributed by atoms with van der Waals surface area (Å²) in [6, 6.07) is 6.49. The molecule has 1 amide bonds. The van der Waals surface area contributed by atoms with Crippen LogP contribution in [0.15, 0.2) is 24.3 Å². The molecule has 1 aliphatic rings. The fourth-order valence-corrected chi connectivity index (χ4v) is 2.53. The zero-order valence-corrected chi connectivity index (χ0v) is 13.0. The lowest BCUT2D eigenvalue weighted by Gasteiger charge is -2.13. The summed E-state index contributed by atoms with van der Waals surface area (Å²) in [4.78, 5) is 15.4. The van der Waals surface area contributed by atoms with Gasteiger partial charge in [-0.3, -0.25) is 15.2 Å². The van der Waals surface area contributed by atoms with Crippen molar-refractivity contribution in [3.63, 3.8) is 0 Å². The SMILES string of the molecule is COc1ccccc1C1CC(C(=O)Nc2n[nH]c(C(F)(F)F)n2)NN1. The fraction of sp³-hybridized carbons (Fsp3) is 0.357. The molecule has 1 aliphatic heterocycles. The van der Waals surface area contributed by atoms with Gasteiger partial charge in [-0.15, -0.1) is 5.10 Å². The predicted molar refractivity (Wildman–Crippen MR) is 80.4 cm³/mol. The zero-order valence-electron chi connectivity index (χ0n) is 13.0. The molecule has 2 heterocycles. The number of anilines is 1. The highest BCUT2D eigenvalue weighted by Gasteiger charge is 2.36. The first-order valence-electron chi connectivity index (χ1n) is 7.33. The van der Waals surface area contributed by atoms with Gasteiger partial charge in [0.15, 0.2) is 0 Å². The van der Waals surface area contributed by atoms with Crippen LogP contribution in [-0.2, 0) is 11.0 Å². The van der Waals surface area contributed by atoms with Crippen LogP contribution in [0.25, 0.3) is 0 Å². The van der Waals surface area contributed by atoms with Gasteiger partial charge >= 0.3 is 6.18 Å². The van der Waals surface area contributed by atoms with Crippen LogP contribution in [0.3, 0.4) is 0 Å². The maximum Gasteiger partial charge on any atom is 0.451 e. The number of hydrogen-bond acceptors (Lipinski definition) is 6. The van der Waals surface area contributed by atoms with Crippen molar-refractivity contribution in [2.75, 3.05) is 12.4 Å². The quantitative estimate of drug-likeness (QED) is 0.660. The number of alkyl halides is 3. The Kier molecular flexibility index (Phi) is 4.59. The number of amides is 1. The van der Waals surface area contributed by atoms with Crippen molar-refractivity contribution in [3.05, 3.63) is 35.7 Å². The zero-order chi connectivity index (χ0) is 18.0. The summed E-state index contributed by atoms with van der Waals surface area (Å²) in [5.74, 6) is -1.57. The molecule has 0 spiro atoms. The standard InChI is InChI=1S/C14H15F3N6O2/c1-25-10-5-3-2-4-7(10)8-6-9(21-20-8)11(24)18-13-19-12(22-23-13)14(15,16)17/h2-5,8-9,20-21H,6H2,1H3,(H2,18,19,22,23,24). The molecule has 0 aliphatic carbocycles. The maximum atomic E-state index is 12.5. The van der Waals surface area contributed by atoms with Crippen LogP contribution in [0.1, 0.15) is 23.9 Å². The number of ether oxygens (including phenoxy) is 1. The predicted octanol–water partition coefficient (Wildman–Crippen LogP) is 1.38. The summed E-state index contributed by atoms with van der Waals surface area (Å²) < 4.78 is 42.7. The maximum absolute atomic E-state index is 12.5. The number of carbonyl (C=O) groups is 1. The number of nitrogens with one attached hydrogen (secondary N) is 4. The van der Waals surface area contributed by atoms with Crippen LogP contribution >= 0.6 is 0 Å². The van der Waals surface area contributed by atoms with Crippen molar-refractivity contribution in [3.8, 4) is 5.75 Å². The minimum absolute atomic E-state index is 0.190. The van der Waals surface area contributed by atoms with Crippen LogP contribution in [-0.4, -0.2) is 34.2 Å². The Morgan fingerprint density at radius 3 is 2.76 bits per heavy atom. The molecule has 1 aromatic carbocycles. The summed E-state index contributed by atoms with van der Waals surface area (Å²) in [5, 5.41) is 7.33. The van der Waals surface area contributed by atoms with Gasteiger partial charge < -0.3 is 4.74 Å². The molecule has 1 fully saturated rings. The van der Waals surface area contributed by atoms with E-state index in [1.165, 1.54) is 0 Å². The fourth-order valence-electron chi connectivity index (χ4n) is 2.53. The second-order valence-electron chi connectivity index (χ2n) is 5.37.